The van der Waals surface area contributed by atoms with Crippen LogP contribution < -0.4 is 10.0 Å². The number of carbonyl (C=O) groups is 4. The van der Waals surface area contributed by atoms with Crippen LogP contribution in [0.1, 0.15) is 30.6 Å². The van der Waals surface area contributed by atoms with Crippen molar-refractivity contribution in [3.8, 4) is 0 Å². The Morgan fingerprint density at radius 1 is 1.08 bits per heavy atom. The fourth-order valence-electron chi connectivity index (χ4n) is 4.91. The van der Waals surface area contributed by atoms with Gasteiger partial charge in [-0.25, -0.2) is 4.58 Å². The van der Waals surface area contributed by atoms with Gasteiger partial charge in [-0.2, -0.15) is 0 Å². The molecule has 188 valence electrons. The number of thioether (sulfide) groups is 1. The third kappa shape index (κ3) is 4.53. The van der Waals surface area contributed by atoms with Gasteiger partial charge in [0.1, 0.15) is 19.2 Å². The maximum absolute atomic E-state index is 13.3. The molecule has 1 aromatic rings. The number of nitrogens with zero attached hydrogens (tertiary/aromatic N) is 2. The molecule has 1 N–H and O–H groups in total. The molecule has 0 radical (unpaired) electrons. The van der Waals surface area contributed by atoms with Gasteiger partial charge >= 0.3 is 5.97 Å². The van der Waals surface area contributed by atoms with Gasteiger partial charge in [0.2, 0.25) is 16.6 Å². The molecule has 36 heavy (non-hydrogen) atoms. The number of Topliss-reactive ketones (excluding diaryl/α,β-unsaturated/α-hetero) is 2. The average Bonchev–Trinajstić information content (AvgIpc) is 3.60. The first kappa shape index (κ1) is 24.5. The lowest BCUT2D eigenvalue weighted by Gasteiger charge is -2.30. The number of rotatable bonds is 5. The van der Waals surface area contributed by atoms with E-state index < -0.39 is 23.3 Å². The molecule has 0 unspecified atom stereocenters. The molecule has 2 saturated heterocycles. The summed E-state index contributed by atoms with van der Waals surface area (Å²) in [4.78, 5) is 50.5. The molecule has 3 aliphatic heterocycles. The monoisotopic (exact) mass is 528 g/mol. The van der Waals surface area contributed by atoms with Gasteiger partial charge in [0, 0.05) is 52.9 Å². The molecule has 1 aliphatic carbocycles. The molecule has 0 atom stereocenters. The first-order chi connectivity index (χ1) is 17.4. The van der Waals surface area contributed by atoms with Crippen molar-refractivity contribution in [2.45, 2.75) is 31.8 Å². The number of anilines is 1. The van der Waals surface area contributed by atoms with Crippen molar-refractivity contribution in [1.82, 2.24) is 0 Å². The Bertz CT molecular complexity index is 1250. The minimum absolute atomic E-state index is 0.0809. The van der Waals surface area contributed by atoms with Crippen molar-refractivity contribution >= 4 is 62.7 Å². The Hall–Kier alpha value is -3.18. The highest BCUT2D eigenvalue weighted by molar-refractivity contribution is 8.18. The molecule has 0 amide bonds. The van der Waals surface area contributed by atoms with E-state index in [1.165, 1.54) is 23.1 Å². The predicted molar refractivity (Wildman–Crippen MR) is 133 cm³/mol. The van der Waals surface area contributed by atoms with Crippen LogP contribution in [0, 0.1) is 5.92 Å². The molecule has 0 saturated carbocycles. The van der Waals surface area contributed by atoms with Gasteiger partial charge in [-0.1, -0.05) is 5.76 Å². The molecule has 0 aromatic carbocycles. The maximum atomic E-state index is 13.3. The summed E-state index contributed by atoms with van der Waals surface area (Å²) in [5, 5.41) is 24.2. The Labute approximate surface area is 215 Å². The quantitative estimate of drug-likeness (QED) is 0.262. The number of ketones is 2. The number of hydrogen-bond acceptors (Lipinski definition) is 9. The van der Waals surface area contributed by atoms with Crippen LogP contribution in [-0.4, -0.2) is 71.0 Å². The summed E-state index contributed by atoms with van der Waals surface area (Å²) in [6.07, 6.45) is 5.94. The topological polar surface area (TPSA) is 127 Å². The van der Waals surface area contributed by atoms with Crippen molar-refractivity contribution in [2.24, 2.45) is 5.92 Å². The van der Waals surface area contributed by atoms with E-state index in [0.717, 1.165) is 10.0 Å². The predicted octanol–water partition coefficient (Wildman–Crippen LogP) is 1.58. The SMILES string of the molecule is O=COC1CC[N+](=C2C=C/C(=C3/C(=O)C(=O)C(c4ccc(N5CCC(C(=O)O)CC5)s4)=C3[O-])S2)CC1. The van der Waals surface area contributed by atoms with Crippen LogP contribution in [0.2, 0.25) is 0 Å². The molecule has 1 aromatic heterocycles. The second-order valence-corrected chi connectivity index (χ2v) is 11.2. The van der Waals surface area contributed by atoms with E-state index in [1.54, 1.807) is 12.1 Å². The number of hydrogen-bond donors (Lipinski definition) is 1. The second kappa shape index (κ2) is 10.1. The van der Waals surface area contributed by atoms with Crippen molar-refractivity contribution in [2.75, 3.05) is 31.1 Å². The zero-order valence-electron chi connectivity index (χ0n) is 19.3. The number of aliphatic carboxylic acids is 1. The first-order valence-corrected chi connectivity index (χ1v) is 13.4. The highest BCUT2D eigenvalue weighted by atomic mass is 32.2. The Morgan fingerprint density at radius 3 is 2.44 bits per heavy atom. The standard InChI is InChI=1S/C25H24N2O7S2/c28-13-34-15-7-11-27(12-8-15)19-4-2-17(36-19)21-22(29)20(23(30)24(21)31)16-1-3-18(35-16)26-9-5-14(6-10-26)25(32)33/h1-4,13-15H,5-12H2,(H-,29,30,31,32,33). The number of allylic oxidation sites excluding steroid dienone is 3. The number of carboxylic acid groups (broad SMARTS) is 1. The van der Waals surface area contributed by atoms with Crippen molar-refractivity contribution in [3.05, 3.63) is 45.4 Å². The number of thiophene rings is 1. The van der Waals surface area contributed by atoms with Gasteiger partial charge < -0.3 is 19.8 Å². The summed E-state index contributed by atoms with van der Waals surface area (Å²) < 4.78 is 7.16. The van der Waals surface area contributed by atoms with Crippen LogP contribution in [0.3, 0.4) is 0 Å². The van der Waals surface area contributed by atoms with E-state index >= 15 is 0 Å². The summed E-state index contributed by atoms with van der Waals surface area (Å²) >= 11 is 2.58. The maximum Gasteiger partial charge on any atom is 0.306 e. The van der Waals surface area contributed by atoms with Crippen LogP contribution in [0.15, 0.2) is 40.5 Å². The van der Waals surface area contributed by atoms with Crippen LogP contribution in [0.25, 0.3) is 5.57 Å². The Morgan fingerprint density at radius 2 is 1.78 bits per heavy atom. The van der Waals surface area contributed by atoms with Crippen molar-refractivity contribution < 1.29 is 38.7 Å². The number of carbonyl (C=O) groups excluding carboxylic acids is 3. The lowest BCUT2D eigenvalue weighted by Crippen LogP contribution is -2.35. The summed E-state index contributed by atoms with van der Waals surface area (Å²) in [7, 11) is 0. The highest BCUT2D eigenvalue weighted by Gasteiger charge is 2.37. The molecular weight excluding hydrogens is 504 g/mol. The number of piperidine rings is 2. The van der Waals surface area contributed by atoms with E-state index in [4.69, 9.17) is 4.74 Å². The smallest absolute Gasteiger partial charge is 0.306 e. The van der Waals surface area contributed by atoms with E-state index in [-0.39, 0.29) is 23.2 Å². The van der Waals surface area contributed by atoms with Crippen LogP contribution >= 0.6 is 23.1 Å². The molecule has 0 bridgehead atoms. The summed E-state index contributed by atoms with van der Waals surface area (Å²) in [5.74, 6) is -3.24. The molecule has 0 spiro atoms. The number of carboxylic acids is 1. The van der Waals surface area contributed by atoms with Gasteiger partial charge in [-0.05, 0) is 42.8 Å². The van der Waals surface area contributed by atoms with Crippen molar-refractivity contribution in [3.63, 3.8) is 0 Å². The average molecular weight is 529 g/mol. The van der Waals surface area contributed by atoms with E-state index in [9.17, 15) is 29.4 Å². The molecule has 9 nitrogen and oxygen atoms in total. The van der Waals surface area contributed by atoms with E-state index in [0.29, 0.717) is 68.1 Å². The normalized spacial score (nSPS) is 25.3. The third-order valence-electron chi connectivity index (χ3n) is 6.95. The lowest BCUT2D eigenvalue weighted by atomic mass is 9.97. The van der Waals surface area contributed by atoms with Gasteiger partial charge in [0.05, 0.1) is 10.9 Å². The third-order valence-corrected chi connectivity index (χ3v) is 9.28. The molecule has 4 aliphatic rings. The van der Waals surface area contributed by atoms with E-state index in [1.807, 2.05) is 12.1 Å². The van der Waals surface area contributed by atoms with E-state index in [2.05, 4.69) is 9.48 Å². The second-order valence-electron chi connectivity index (χ2n) is 9.03. The zero-order valence-corrected chi connectivity index (χ0v) is 20.9. The minimum Gasteiger partial charge on any atom is -0.871 e. The summed E-state index contributed by atoms with van der Waals surface area (Å²) in [6, 6.07) is 3.51. The fourth-order valence-corrected chi connectivity index (χ4v) is 7.10. The number of ether oxygens (including phenoxy) is 1. The molecule has 5 rings (SSSR count). The fraction of sp³-hybridized carbons (Fsp3) is 0.400. The summed E-state index contributed by atoms with van der Waals surface area (Å²) in [6.45, 7) is 3.02. The Balaban J connectivity index is 1.35. The molecule has 11 heteroatoms. The van der Waals surface area contributed by atoms with Gasteiger partial charge in [0.25, 0.3) is 6.47 Å². The van der Waals surface area contributed by atoms with Gasteiger partial charge in [0.15, 0.2) is 0 Å². The lowest BCUT2D eigenvalue weighted by molar-refractivity contribution is -0.538. The largest absolute Gasteiger partial charge is 0.871 e. The minimum atomic E-state index is -0.783. The zero-order chi connectivity index (χ0) is 25.4. The van der Waals surface area contributed by atoms with Crippen LogP contribution in [0.5, 0.6) is 0 Å². The highest BCUT2D eigenvalue weighted by Crippen LogP contribution is 2.41. The first-order valence-electron chi connectivity index (χ1n) is 11.8. The van der Waals surface area contributed by atoms with Crippen LogP contribution in [-0.2, 0) is 23.9 Å². The van der Waals surface area contributed by atoms with Gasteiger partial charge in [-0.3, -0.25) is 19.2 Å². The van der Waals surface area contributed by atoms with Gasteiger partial charge in [-0.15, -0.1) is 11.3 Å². The van der Waals surface area contributed by atoms with Crippen molar-refractivity contribution in [1.29, 1.82) is 0 Å². The molecular formula is C25H24N2O7S2. The molecule has 2 fully saturated rings. The molecule has 4 heterocycles. The summed E-state index contributed by atoms with van der Waals surface area (Å²) in [5.41, 5.74) is -0.170. The van der Waals surface area contributed by atoms with Crippen LogP contribution in [0.4, 0.5) is 5.00 Å². The Kier molecular flexibility index (Phi) is 6.85.